The lowest BCUT2D eigenvalue weighted by Gasteiger charge is -2.27. The third kappa shape index (κ3) is 1.43. The van der Waals surface area contributed by atoms with E-state index in [1.807, 2.05) is 0 Å². The molecule has 1 fully saturated rings. The quantitative estimate of drug-likeness (QED) is 0.465. The summed E-state index contributed by atoms with van der Waals surface area (Å²) in [5.74, 6) is 0. The second-order valence-corrected chi connectivity index (χ2v) is 2.41. The molecule has 0 bridgehead atoms. The minimum Gasteiger partial charge on any atom is -0.231 e. The van der Waals surface area contributed by atoms with Crippen molar-refractivity contribution in [2.45, 2.75) is 6.42 Å². The van der Waals surface area contributed by atoms with Crippen LogP contribution in [0.4, 0.5) is 0 Å². The van der Waals surface area contributed by atoms with E-state index in [1.54, 1.807) is 5.01 Å². The number of hydrogen-bond donors (Lipinski definition) is 2. The first-order valence-corrected chi connectivity index (χ1v) is 3.62. The molecule has 1 aliphatic rings. The zero-order chi connectivity index (χ0) is 5.98. The Bertz CT molecular complexity index is 132. The summed E-state index contributed by atoms with van der Waals surface area (Å²) in [4.78, 5) is 2.27. The second-order valence-electron chi connectivity index (χ2n) is 1.70. The van der Waals surface area contributed by atoms with E-state index in [4.69, 9.17) is 0 Å². The number of nitrogens with zero attached hydrogens (tertiary/aromatic N) is 1. The molecular formula is C3H8N2O2S. The minimum atomic E-state index is -2.42. The Morgan fingerprint density at radius 2 is 2.00 bits per heavy atom. The van der Waals surface area contributed by atoms with Crippen LogP contribution in [-0.4, -0.2) is 26.5 Å². The van der Waals surface area contributed by atoms with Crippen LogP contribution in [0.15, 0.2) is 0 Å². The zero-order valence-electron chi connectivity index (χ0n) is 4.33. The molecule has 1 rings (SSSR count). The molecule has 48 valence electrons. The lowest BCUT2D eigenvalue weighted by atomic mass is 10.3. The SMILES string of the molecule is O=[SH](=O)NN1CCC1. The predicted molar refractivity (Wildman–Crippen MR) is 29.6 cm³/mol. The molecule has 0 unspecified atom stereocenters. The Labute approximate surface area is 49.5 Å². The highest BCUT2D eigenvalue weighted by atomic mass is 32.2. The van der Waals surface area contributed by atoms with Crippen LogP contribution >= 0.6 is 0 Å². The molecule has 0 aromatic carbocycles. The lowest BCUT2D eigenvalue weighted by molar-refractivity contribution is 0.154. The average molecular weight is 136 g/mol. The van der Waals surface area contributed by atoms with Crippen LogP contribution in [0.3, 0.4) is 0 Å². The molecule has 0 radical (unpaired) electrons. The van der Waals surface area contributed by atoms with Crippen LogP contribution in [0.5, 0.6) is 0 Å². The number of rotatable bonds is 2. The fourth-order valence-electron chi connectivity index (χ4n) is 0.532. The summed E-state index contributed by atoms with van der Waals surface area (Å²) in [7, 11) is -2.42. The van der Waals surface area contributed by atoms with Gasteiger partial charge in [-0.3, -0.25) is 0 Å². The lowest BCUT2D eigenvalue weighted by Crippen LogP contribution is -2.46. The Morgan fingerprint density at radius 3 is 2.12 bits per heavy atom. The highest BCUT2D eigenvalue weighted by Crippen LogP contribution is 1.99. The van der Waals surface area contributed by atoms with Crippen molar-refractivity contribution in [1.29, 1.82) is 0 Å². The molecule has 0 amide bonds. The molecule has 8 heavy (non-hydrogen) atoms. The number of nitrogens with one attached hydrogen (secondary N) is 1. The summed E-state index contributed by atoms with van der Waals surface area (Å²) in [6, 6.07) is 0. The van der Waals surface area contributed by atoms with Crippen LogP contribution in [0.1, 0.15) is 6.42 Å². The molecule has 5 heteroatoms. The number of hydrazine groups is 1. The normalized spacial score (nSPS) is 21.1. The topological polar surface area (TPSA) is 49.4 Å². The largest absolute Gasteiger partial charge is 0.231 e. The van der Waals surface area contributed by atoms with E-state index < -0.39 is 10.9 Å². The standard InChI is InChI=1S/C3H8N2O2S/c6-8(7)4-5-2-1-3-5/h8H,1-3H2,(H,4,6,7). The van der Waals surface area contributed by atoms with Gasteiger partial charge in [-0.2, -0.15) is 4.83 Å². The number of hydrogen-bond acceptors (Lipinski definition) is 3. The maximum absolute atomic E-state index is 9.89. The van der Waals surface area contributed by atoms with Gasteiger partial charge in [-0.1, -0.05) is 0 Å². The molecule has 0 spiro atoms. The van der Waals surface area contributed by atoms with Gasteiger partial charge in [0.05, 0.1) is 0 Å². The summed E-state index contributed by atoms with van der Waals surface area (Å²) < 4.78 is 19.8. The van der Waals surface area contributed by atoms with E-state index >= 15 is 0 Å². The molecule has 0 aromatic heterocycles. The monoisotopic (exact) mass is 136 g/mol. The van der Waals surface area contributed by atoms with Gasteiger partial charge >= 0.3 is 0 Å². The van der Waals surface area contributed by atoms with E-state index in [0.717, 1.165) is 19.5 Å². The van der Waals surface area contributed by atoms with Crippen molar-refractivity contribution in [1.82, 2.24) is 9.84 Å². The van der Waals surface area contributed by atoms with Gasteiger partial charge < -0.3 is 0 Å². The first-order chi connectivity index (χ1) is 3.79. The summed E-state index contributed by atoms with van der Waals surface area (Å²) in [6.07, 6.45) is 1.09. The van der Waals surface area contributed by atoms with Crippen molar-refractivity contribution in [3.8, 4) is 0 Å². The van der Waals surface area contributed by atoms with Gasteiger partial charge in [0.2, 0.25) is 10.9 Å². The van der Waals surface area contributed by atoms with Crippen molar-refractivity contribution in [2.75, 3.05) is 13.1 Å². The van der Waals surface area contributed by atoms with Crippen LogP contribution in [0, 0.1) is 0 Å². The number of thiol groups is 1. The molecule has 0 aliphatic carbocycles. The van der Waals surface area contributed by atoms with E-state index in [1.165, 1.54) is 0 Å². The van der Waals surface area contributed by atoms with Gasteiger partial charge in [-0.05, 0) is 6.42 Å². The molecule has 1 heterocycles. The van der Waals surface area contributed by atoms with Gasteiger partial charge in [0.25, 0.3) is 0 Å². The molecule has 4 nitrogen and oxygen atoms in total. The van der Waals surface area contributed by atoms with E-state index in [2.05, 4.69) is 4.83 Å². The van der Waals surface area contributed by atoms with E-state index in [9.17, 15) is 8.42 Å². The highest BCUT2D eigenvalue weighted by molar-refractivity contribution is 7.70. The maximum Gasteiger partial charge on any atom is 0.214 e. The van der Waals surface area contributed by atoms with E-state index in [0.29, 0.717) is 0 Å². The third-order valence-corrected chi connectivity index (χ3v) is 1.53. The summed E-state index contributed by atoms with van der Waals surface area (Å²) >= 11 is 0. The predicted octanol–water partition coefficient (Wildman–Crippen LogP) is -1.28. The van der Waals surface area contributed by atoms with Gasteiger partial charge in [-0.25, -0.2) is 13.4 Å². The first kappa shape index (κ1) is 6.00. The van der Waals surface area contributed by atoms with Crippen LogP contribution < -0.4 is 4.83 Å². The first-order valence-electron chi connectivity index (χ1n) is 2.44. The smallest absolute Gasteiger partial charge is 0.214 e. The van der Waals surface area contributed by atoms with Crippen molar-refractivity contribution in [3.63, 3.8) is 0 Å². The Kier molecular flexibility index (Phi) is 1.82. The molecule has 0 saturated carbocycles. The zero-order valence-corrected chi connectivity index (χ0v) is 5.23. The minimum absolute atomic E-state index is 0.851. The third-order valence-electron chi connectivity index (χ3n) is 1.08. The molecule has 0 atom stereocenters. The van der Waals surface area contributed by atoms with Crippen molar-refractivity contribution < 1.29 is 8.42 Å². The Balaban J connectivity index is 2.19. The summed E-state index contributed by atoms with van der Waals surface area (Å²) in [5, 5.41) is 1.66. The molecular weight excluding hydrogens is 128 g/mol. The second kappa shape index (κ2) is 2.43. The van der Waals surface area contributed by atoms with Crippen LogP contribution in [0.2, 0.25) is 0 Å². The Hall–Kier alpha value is -0.130. The average Bonchev–Trinajstić information content (AvgIpc) is 1.55. The van der Waals surface area contributed by atoms with Gasteiger partial charge in [-0.15, -0.1) is 0 Å². The molecule has 1 aliphatic heterocycles. The summed E-state index contributed by atoms with van der Waals surface area (Å²) in [6.45, 7) is 1.70. The van der Waals surface area contributed by atoms with Crippen molar-refractivity contribution in [3.05, 3.63) is 0 Å². The van der Waals surface area contributed by atoms with Gasteiger partial charge in [0, 0.05) is 13.1 Å². The fraction of sp³-hybridized carbons (Fsp3) is 1.00. The van der Waals surface area contributed by atoms with Crippen LogP contribution in [-0.2, 0) is 10.9 Å². The van der Waals surface area contributed by atoms with Crippen molar-refractivity contribution in [2.24, 2.45) is 0 Å². The fourth-order valence-corrected chi connectivity index (χ4v) is 0.963. The van der Waals surface area contributed by atoms with E-state index in [-0.39, 0.29) is 0 Å². The summed E-state index contributed by atoms with van der Waals surface area (Å²) in [5.41, 5.74) is 0. The van der Waals surface area contributed by atoms with Gasteiger partial charge in [0.15, 0.2) is 0 Å². The maximum atomic E-state index is 9.89. The van der Waals surface area contributed by atoms with Crippen LogP contribution in [0.25, 0.3) is 0 Å². The van der Waals surface area contributed by atoms with Crippen molar-refractivity contribution >= 4 is 10.9 Å². The Morgan fingerprint density at radius 1 is 1.38 bits per heavy atom. The molecule has 1 N–H and O–H groups in total. The molecule has 1 saturated heterocycles. The molecule has 0 aromatic rings. The highest BCUT2D eigenvalue weighted by Gasteiger charge is 2.12. The van der Waals surface area contributed by atoms with Gasteiger partial charge in [0.1, 0.15) is 0 Å².